The number of aromatic amines is 1. The highest BCUT2D eigenvalue weighted by Gasteiger charge is 2.18. The normalized spacial score (nSPS) is 11.3. The Bertz CT molecular complexity index is 1120. The minimum atomic E-state index is -3.87. The van der Waals surface area contributed by atoms with Crippen molar-refractivity contribution in [2.24, 2.45) is 0 Å². The number of hydrogen-bond donors (Lipinski definition) is 2. The van der Waals surface area contributed by atoms with Crippen molar-refractivity contribution in [1.29, 1.82) is 0 Å². The van der Waals surface area contributed by atoms with Crippen LogP contribution in [0.15, 0.2) is 58.2 Å². The van der Waals surface area contributed by atoms with Crippen LogP contribution in [-0.4, -0.2) is 26.6 Å². The molecular formula is C19H20N2O5S. The molecule has 142 valence electrons. The maximum absolute atomic E-state index is 12.9. The second-order valence-corrected chi connectivity index (χ2v) is 7.38. The van der Waals surface area contributed by atoms with Crippen molar-refractivity contribution >= 4 is 26.6 Å². The number of aromatic nitrogens is 1. The second-order valence-electron chi connectivity index (χ2n) is 5.70. The summed E-state index contributed by atoms with van der Waals surface area (Å²) in [6.07, 6.45) is 0. The maximum Gasteiger partial charge on any atom is 0.262 e. The first-order valence-corrected chi connectivity index (χ1v) is 9.97. The van der Waals surface area contributed by atoms with Crippen LogP contribution in [0.2, 0.25) is 0 Å². The lowest BCUT2D eigenvalue weighted by Crippen LogP contribution is -2.14. The Balaban J connectivity index is 1.99. The number of benzene rings is 2. The van der Waals surface area contributed by atoms with Gasteiger partial charge in [-0.1, -0.05) is 0 Å². The molecule has 2 N–H and O–H groups in total. The van der Waals surface area contributed by atoms with Crippen molar-refractivity contribution in [1.82, 2.24) is 4.98 Å². The van der Waals surface area contributed by atoms with Gasteiger partial charge in [0.25, 0.3) is 10.0 Å². The van der Waals surface area contributed by atoms with E-state index in [1.54, 1.807) is 30.3 Å². The molecule has 0 radical (unpaired) electrons. The Hall–Kier alpha value is -3.00. The lowest BCUT2D eigenvalue weighted by Gasteiger charge is -2.15. The topological polar surface area (TPSA) is 97.5 Å². The molecule has 0 spiro atoms. The molecule has 8 heteroatoms. The zero-order chi connectivity index (χ0) is 19.4. The summed E-state index contributed by atoms with van der Waals surface area (Å²) < 4.78 is 39.2. The first kappa shape index (κ1) is 18.8. The molecular weight excluding hydrogens is 368 g/mol. The van der Waals surface area contributed by atoms with E-state index in [2.05, 4.69) is 9.71 Å². The molecule has 3 aromatic rings. The molecule has 7 nitrogen and oxygen atoms in total. The fraction of sp³-hybridized carbons (Fsp3) is 0.211. The highest BCUT2D eigenvalue weighted by molar-refractivity contribution is 7.92. The van der Waals surface area contributed by atoms with Crippen molar-refractivity contribution < 1.29 is 17.9 Å². The van der Waals surface area contributed by atoms with Gasteiger partial charge in [-0.05, 0) is 55.6 Å². The molecule has 3 rings (SSSR count). The van der Waals surface area contributed by atoms with Crippen LogP contribution in [0.4, 0.5) is 5.69 Å². The average Bonchev–Trinajstić information content (AvgIpc) is 2.63. The van der Waals surface area contributed by atoms with Gasteiger partial charge in [0, 0.05) is 17.6 Å². The molecule has 0 fully saturated rings. The van der Waals surface area contributed by atoms with E-state index in [0.717, 1.165) is 0 Å². The molecule has 0 unspecified atom stereocenters. The van der Waals surface area contributed by atoms with E-state index in [-0.39, 0.29) is 10.5 Å². The summed E-state index contributed by atoms with van der Waals surface area (Å²) in [6, 6.07) is 12.4. The Morgan fingerprint density at radius 2 is 1.74 bits per heavy atom. The van der Waals surface area contributed by atoms with Gasteiger partial charge >= 0.3 is 0 Å². The summed E-state index contributed by atoms with van der Waals surface area (Å²) in [6.45, 7) is 4.52. The number of ether oxygens (including phenoxy) is 2. The Morgan fingerprint density at radius 1 is 0.963 bits per heavy atom. The number of fused-ring (bicyclic) bond motifs is 1. The number of hydrogen-bond acceptors (Lipinski definition) is 5. The lowest BCUT2D eigenvalue weighted by molar-refractivity contribution is 0.332. The van der Waals surface area contributed by atoms with E-state index in [1.807, 2.05) is 13.8 Å². The van der Waals surface area contributed by atoms with Crippen LogP contribution < -0.4 is 19.8 Å². The van der Waals surface area contributed by atoms with Gasteiger partial charge in [-0.3, -0.25) is 9.52 Å². The number of pyridine rings is 1. The van der Waals surface area contributed by atoms with Crippen molar-refractivity contribution in [3.8, 4) is 11.5 Å². The molecule has 1 aromatic heterocycles. The zero-order valence-corrected chi connectivity index (χ0v) is 15.8. The molecule has 0 saturated carbocycles. The number of rotatable bonds is 7. The smallest absolute Gasteiger partial charge is 0.262 e. The van der Waals surface area contributed by atoms with Crippen LogP contribution in [0.5, 0.6) is 11.5 Å². The summed E-state index contributed by atoms with van der Waals surface area (Å²) in [4.78, 5) is 14.1. The molecule has 0 amide bonds. The molecule has 0 bridgehead atoms. The van der Waals surface area contributed by atoms with E-state index >= 15 is 0 Å². The highest BCUT2D eigenvalue weighted by atomic mass is 32.2. The third-order valence-electron chi connectivity index (χ3n) is 3.81. The molecule has 1 heterocycles. The lowest BCUT2D eigenvalue weighted by atomic mass is 10.2. The van der Waals surface area contributed by atoms with Gasteiger partial charge in [0.2, 0.25) is 5.56 Å². The summed E-state index contributed by atoms with van der Waals surface area (Å²) in [5.41, 5.74) is 0.615. The quantitative estimate of drug-likeness (QED) is 0.648. The van der Waals surface area contributed by atoms with Crippen LogP contribution >= 0.6 is 0 Å². The summed E-state index contributed by atoms with van der Waals surface area (Å²) in [7, 11) is -3.87. The monoisotopic (exact) mass is 388 g/mol. The van der Waals surface area contributed by atoms with E-state index in [0.29, 0.717) is 41.3 Å². The zero-order valence-electron chi connectivity index (χ0n) is 15.0. The Morgan fingerprint density at radius 3 is 2.48 bits per heavy atom. The van der Waals surface area contributed by atoms with E-state index in [4.69, 9.17) is 9.47 Å². The van der Waals surface area contributed by atoms with Crippen molar-refractivity contribution in [2.75, 3.05) is 17.9 Å². The van der Waals surface area contributed by atoms with Gasteiger partial charge in [-0.2, -0.15) is 0 Å². The average molecular weight is 388 g/mol. The number of anilines is 1. The van der Waals surface area contributed by atoms with Gasteiger partial charge in [0.15, 0.2) is 0 Å². The Kier molecular flexibility index (Phi) is 5.36. The summed E-state index contributed by atoms with van der Waals surface area (Å²) in [5, 5.41) is 0.616. The SMILES string of the molecule is CCOc1ccc(OCC)c(NS(=O)(=O)c2ccc3[nH]c(=O)ccc3c2)c1. The first-order valence-electron chi connectivity index (χ1n) is 8.48. The predicted molar refractivity (Wildman–Crippen MR) is 104 cm³/mol. The van der Waals surface area contributed by atoms with Crippen molar-refractivity contribution in [2.45, 2.75) is 18.7 Å². The van der Waals surface area contributed by atoms with Gasteiger partial charge in [0.1, 0.15) is 11.5 Å². The van der Waals surface area contributed by atoms with Crippen LogP contribution in [0.25, 0.3) is 10.9 Å². The van der Waals surface area contributed by atoms with Crippen LogP contribution in [0.1, 0.15) is 13.8 Å². The number of H-pyrrole nitrogens is 1. The molecule has 0 aliphatic rings. The second kappa shape index (κ2) is 7.71. The van der Waals surface area contributed by atoms with Crippen LogP contribution in [-0.2, 0) is 10.0 Å². The molecule has 2 aromatic carbocycles. The first-order chi connectivity index (χ1) is 12.9. The van der Waals surface area contributed by atoms with Crippen molar-refractivity contribution in [3.05, 3.63) is 58.9 Å². The third-order valence-corrected chi connectivity index (χ3v) is 5.17. The number of nitrogens with one attached hydrogen (secondary N) is 2. The minimum absolute atomic E-state index is 0.0753. The van der Waals surface area contributed by atoms with E-state index < -0.39 is 10.0 Å². The fourth-order valence-corrected chi connectivity index (χ4v) is 3.73. The molecule has 0 saturated heterocycles. The van der Waals surface area contributed by atoms with E-state index in [1.165, 1.54) is 18.2 Å². The summed E-state index contributed by atoms with van der Waals surface area (Å²) >= 11 is 0. The third kappa shape index (κ3) is 4.22. The minimum Gasteiger partial charge on any atom is -0.494 e. The molecule has 27 heavy (non-hydrogen) atoms. The maximum atomic E-state index is 12.9. The summed E-state index contributed by atoms with van der Waals surface area (Å²) in [5.74, 6) is 0.949. The van der Waals surface area contributed by atoms with Gasteiger partial charge < -0.3 is 14.5 Å². The van der Waals surface area contributed by atoms with Gasteiger partial charge in [-0.15, -0.1) is 0 Å². The predicted octanol–water partition coefficient (Wildman–Crippen LogP) is 3.13. The number of sulfonamides is 1. The molecule has 0 aliphatic heterocycles. The van der Waals surface area contributed by atoms with Crippen LogP contribution in [0, 0.1) is 0 Å². The highest BCUT2D eigenvalue weighted by Crippen LogP contribution is 2.31. The Labute approximate surface area is 157 Å². The van der Waals surface area contributed by atoms with Gasteiger partial charge in [-0.25, -0.2) is 8.42 Å². The standard InChI is InChI=1S/C19H20N2O5S/c1-3-25-14-6-9-18(26-4-2)17(12-14)21-27(23,24)15-7-8-16-13(11-15)5-10-19(22)20-16/h5-12,21H,3-4H2,1-2H3,(H,20,22). The van der Waals surface area contributed by atoms with E-state index in [9.17, 15) is 13.2 Å². The van der Waals surface area contributed by atoms with Gasteiger partial charge in [0.05, 0.1) is 23.8 Å². The molecule has 0 aliphatic carbocycles. The fourth-order valence-electron chi connectivity index (χ4n) is 2.63. The largest absolute Gasteiger partial charge is 0.494 e. The van der Waals surface area contributed by atoms with Crippen LogP contribution in [0.3, 0.4) is 0 Å². The van der Waals surface area contributed by atoms with Crippen molar-refractivity contribution in [3.63, 3.8) is 0 Å². The molecule has 0 atom stereocenters.